The van der Waals surface area contributed by atoms with Crippen molar-refractivity contribution in [1.29, 1.82) is 0 Å². The highest BCUT2D eigenvalue weighted by Gasteiger charge is 2.26. The van der Waals surface area contributed by atoms with Crippen LogP contribution >= 0.6 is 0 Å². The Hall–Kier alpha value is -1.31. The Labute approximate surface area is 90.9 Å². The summed E-state index contributed by atoms with van der Waals surface area (Å²) in [7, 11) is 0. The third-order valence-electron chi connectivity index (χ3n) is 3.08. The lowest BCUT2D eigenvalue weighted by Crippen LogP contribution is -2.28. The second kappa shape index (κ2) is 4.47. The topological polar surface area (TPSA) is 20.3 Å². The molecular weight excluding hydrogens is 186 g/mol. The first-order chi connectivity index (χ1) is 7.27. The number of carbonyl (C=O) groups excluding carboxylic acids is 1. The number of rotatable bonds is 3. The largest absolute Gasteiger partial charge is 0.342 e. The molecule has 1 saturated heterocycles. The number of hydrogen-bond acceptors (Lipinski definition) is 1. The average molecular weight is 203 g/mol. The smallest absolute Gasteiger partial charge is 0.225 e. The Morgan fingerprint density at radius 1 is 1.33 bits per heavy atom. The van der Waals surface area contributed by atoms with E-state index in [0.717, 1.165) is 25.9 Å². The number of benzene rings is 1. The summed E-state index contributed by atoms with van der Waals surface area (Å²) in [5, 5.41) is 0. The molecule has 1 fully saturated rings. The van der Waals surface area contributed by atoms with E-state index in [4.69, 9.17) is 0 Å². The van der Waals surface area contributed by atoms with E-state index in [2.05, 4.69) is 12.1 Å². The summed E-state index contributed by atoms with van der Waals surface area (Å²) in [5.74, 6) is 0.562. The van der Waals surface area contributed by atoms with Crippen molar-refractivity contribution in [3.63, 3.8) is 0 Å². The van der Waals surface area contributed by atoms with Crippen LogP contribution in [0.2, 0.25) is 0 Å². The molecular formula is C13H17NO. The number of carbonyl (C=O) groups is 1. The Balaban J connectivity index is 1.87. The maximum absolute atomic E-state index is 11.7. The van der Waals surface area contributed by atoms with Crippen molar-refractivity contribution in [2.45, 2.75) is 19.8 Å². The van der Waals surface area contributed by atoms with Gasteiger partial charge in [0, 0.05) is 19.0 Å². The van der Waals surface area contributed by atoms with E-state index >= 15 is 0 Å². The molecule has 1 heterocycles. The van der Waals surface area contributed by atoms with E-state index in [1.54, 1.807) is 0 Å². The van der Waals surface area contributed by atoms with E-state index in [9.17, 15) is 4.79 Å². The molecule has 1 aromatic carbocycles. The molecule has 0 spiro atoms. The van der Waals surface area contributed by atoms with Gasteiger partial charge in [0.2, 0.25) is 5.91 Å². The zero-order valence-electron chi connectivity index (χ0n) is 9.15. The fourth-order valence-corrected chi connectivity index (χ4v) is 2.03. The molecule has 0 saturated carbocycles. The summed E-state index contributed by atoms with van der Waals surface area (Å²) >= 11 is 0. The van der Waals surface area contributed by atoms with Gasteiger partial charge in [-0.25, -0.2) is 0 Å². The molecule has 15 heavy (non-hydrogen) atoms. The lowest BCUT2D eigenvalue weighted by Gasteiger charge is -2.15. The van der Waals surface area contributed by atoms with Gasteiger partial charge >= 0.3 is 0 Å². The highest BCUT2D eigenvalue weighted by molar-refractivity contribution is 5.80. The van der Waals surface area contributed by atoms with Crippen LogP contribution in [-0.2, 0) is 11.2 Å². The monoisotopic (exact) mass is 203 g/mol. The third-order valence-corrected chi connectivity index (χ3v) is 3.08. The maximum atomic E-state index is 11.7. The molecule has 80 valence electrons. The number of amides is 1. The highest BCUT2D eigenvalue weighted by Crippen LogP contribution is 2.17. The molecule has 1 amide bonds. The van der Waals surface area contributed by atoms with Crippen molar-refractivity contribution in [3.05, 3.63) is 35.9 Å². The van der Waals surface area contributed by atoms with Crippen LogP contribution in [0.4, 0.5) is 0 Å². The Morgan fingerprint density at radius 2 is 2.07 bits per heavy atom. The second-order valence-electron chi connectivity index (χ2n) is 4.25. The van der Waals surface area contributed by atoms with Gasteiger partial charge < -0.3 is 4.90 Å². The molecule has 1 unspecified atom stereocenters. The minimum atomic E-state index is 0.237. The average Bonchev–Trinajstić information content (AvgIpc) is 2.59. The van der Waals surface area contributed by atoms with Crippen molar-refractivity contribution in [3.8, 4) is 0 Å². The van der Waals surface area contributed by atoms with E-state index in [1.807, 2.05) is 30.0 Å². The molecule has 1 aliphatic rings. The van der Waals surface area contributed by atoms with Crippen LogP contribution < -0.4 is 0 Å². The van der Waals surface area contributed by atoms with Crippen LogP contribution in [0.3, 0.4) is 0 Å². The number of likely N-dealkylation sites (tertiary alicyclic amines) is 1. The quantitative estimate of drug-likeness (QED) is 0.736. The van der Waals surface area contributed by atoms with E-state index < -0.39 is 0 Å². The van der Waals surface area contributed by atoms with Gasteiger partial charge in [0.05, 0.1) is 0 Å². The fraction of sp³-hybridized carbons (Fsp3) is 0.462. The van der Waals surface area contributed by atoms with E-state index in [1.165, 1.54) is 5.56 Å². The van der Waals surface area contributed by atoms with Gasteiger partial charge in [0.25, 0.3) is 0 Å². The van der Waals surface area contributed by atoms with Gasteiger partial charge in [-0.05, 0) is 18.4 Å². The third kappa shape index (κ3) is 2.38. The SMILES string of the molecule is CC1CCN(CCc2ccccc2)C1=O. The Bertz CT molecular complexity index is 334. The second-order valence-corrected chi connectivity index (χ2v) is 4.25. The van der Waals surface area contributed by atoms with Crippen molar-refractivity contribution < 1.29 is 4.79 Å². The highest BCUT2D eigenvalue weighted by atomic mass is 16.2. The number of hydrogen-bond donors (Lipinski definition) is 0. The van der Waals surface area contributed by atoms with Gasteiger partial charge in [0.1, 0.15) is 0 Å². The summed E-state index contributed by atoms with van der Waals surface area (Å²) in [6, 6.07) is 10.3. The van der Waals surface area contributed by atoms with Crippen LogP contribution in [0.1, 0.15) is 18.9 Å². The van der Waals surface area contributed by atoms with Gasteiger partial charge in [-0.2, -0.15) is 0 Å². The number of nitrogens with zero attached hydrogens (tertiary/aromatic N) is 1. The van der Waals surface area contributed by atoms with Crippen LogP contribution in [0.25, 0.3) is 0 Å². The van der Waals surface area contributed by atoms with Gasteiger partial charge in [-0.1, -0.05) is 37.3 Å². The Morgan fingerprint density at radius 3 is 2.67 bits per heavy atom. The van der Waals surface area contributed by atoms with Crippen LogP contribution in [0.15, 0.2) is 30.3 Å². The molecule has 1 aromatic rings. The molecule has 0 aromatic heterocycles. The van der Waals surface area contributed by atoms with Crippen molar-refractivity contribution in [2.24, 2.45) is 5.92 Å². The molecule has 0 N–H and O–H groups in total. The predicted molar refractivity (Wildman–Crippen MR) is 60.5 cm³/mol. The normalized spacial score (nSPS) is 21.0. The summed E-state index contributed by atoms with van der Waals surface area (Å²) < 4.78 is 0. The maximum Gasteiger partial charge on any atom is 0.225 e. The van der Waals surface area contributed by atoms with Crippen molar-refractivity contribution >= 4 is 5.91 Å². The summed E-state index contributed by atoms with van der Waals surface area (Å²) in [6.45, 7) is 3.82. The van der Waals surface area contributed by atoms with Gasteiger partial charge in [-0.3, -0.25) is 4.79 Å². The molecule has 0 aliphatic carbocycles. The fourth-order valence-electron chi connectivity index (χ4n) is 2.03. The zero-order chi connectivity index (χ0) is 10.7. The van der Waals surface area contributed by atoms with Crippen LogP contribution in [0, 0.1) is 5.92 Å². The first-order valence-corrected chi connectivity index (χ1v) is 5.60. The molecule has 0 radical (unpaired) electrons. The van der Waals surface area contributed by atoms with Gasteiger partial charge in [0.15, 0.2) is 0 Å². The van der Waals surface area contributed by atoms with E-state index in [0.29, 0.717) is 5.91 Å². The minimum absolute atomic E-state index is 0.237. The molecule has 0 bridgehead atoms. The van der Waals surface area contributed by atoms with Gasteiger partial charge in [-0.15, -0.1) is 0 Å². The first kappa shape index (κ1) is 10.2. The predicted octanol–water partition coefficient (Wildman–Crippen LogP) is 2.10. The lowest BCUT2D eigenvalue weighted by molar-refractivity contribution is -0.130. The molecule has 2 rings (SSSR count). The Kier molecular flexibility index (Phi) is 3.05. The zero-order valence-corrected chi connectivity index (χ0v) is 9.15. The summed E-state index contributed by atoms with van der Waals surface area (Å²) in [6.07, 6.45) is 1.99. The van der Waals surface area contributed by atoms with Crippen LogP contribution in [-0.4, -0.2) is 23.9 Å². The summed E-state index contributed by atoms with van der Waals surface area (Å²) in [4.78, 5) is 13.6. The molecule has 1 atom stereocenters. The molecule has 2 heteroatoms. The molecule has 1 aliphatic heterocycles. The molecule has 2 nitrogen and oxygen atoms in total. The van der Waals surface area contributed by atoms with Crippen molar-refractivity contribution in [2.75, 3.05) is 13.1 Å². The van der Waals surface area contributed by atoms with E-state index in [-0.39, 0.29) is 5.92 Å². The minimum Gasteiger partial charge on any atom is -0.342 e. The van der Waals surface area contributed by atoms with Crippen molar-refractivity contribution in [1.82, 2.24) is 4.90 Å². The standard InChI is InChI=1S/C13H17NO/c1-11-7-9-14(13(11)15)10-8-12-5-3-2-4-6-12/h2-6,11H,7-10H2,1H3. The first-order valence-electron chi connectivity index (χ1n) is 5.60. The van der Waals surface area contributed by atoms with Crippen LogP contribution in [0.5, 0.6) is 0 Å². The lowest BCUT2D eigenvalue weighted by atomic mass is 10.1. The summed E-state index contributed by atoms with van der Waals surface area (Å²) in [5.41, 5.74) is 1.31.